The summed E-state index contributed by atoms with van der Waals surface area (Å²) in [4.78, 5) is 12.8. The Balaban J connectivity index is 2.02. The summed E-state index contributed by atoms with van der Waals surface area (Å²) < 4.78 is 2.22. The summed E-state index contributed by atoms with van der Waals surface area (Å²) in [6.45, 7) is 12.3. The Labute approximate surface area is 184 Å². The molecule has 0 spiro atoms. The second kappa shape index (κ2) is 9.06. The fraction of sp³-hybridized carbons (Fsp3) is 0.259. The summed E-state index contributed by atoms with van der Waals surface area (Å²) in [6.07, 6.45) is 2.62. The number of nitrogens with one attached hydrogen (secondary N) is 1. The molecule has 0 saturated heterocycles. The first-order chi connectivity index (χ1) is 14.8. The van der Waals surface area contributed by atoms with Crippen molar-refractivity contribution in [3.63, 3.8) is 0 Å². The average Bonchev–Trinajstić information content (AvgIpc) is 3.02. The molecule has 0 atom stereocenters. The number of rotatable bonds is 5. The highest BCUT2D eigenvalue weighted by molar-refractivity contribution is 6.10. The van der Waals surface area contributed by atoms with Gasteiger partial charge in [-0.05, 0) is 87.1 Å². The van der Waals surface area contributed by atoms with Crippen molar-refractivity contribution in [1.82, 2.24) is 4.57 Å². The number of para-hydroxylation sites is 1. The van der Waals surface area contributed by atoms with E-state index in [1.807, 2.05) is 45.0 Å². The lowest BCUT2D eigenvalue weighted by molar-refractivity contribution is -0.112. The number of nitrogens with zero attached hydrogens (tertiary/aromatic N) is 2. The van der Waals surface area contributed by atoms with E-state index >= 15 is 0 Å². The van der Waals surface area contributed by atoms with E-state index in [9.17, 15) is 10.1 Å². The van der Waals surface area contributed by atoms with Gasteiger partial charge < -0.3 is 9.88 Å². The van der Waals surface area contributed by atoms with Gasteiger partial charge in [0, 0.05) is 17.1 Å². The van der Waals surface area contributed by atoms with E-state index in [2.05, 4.69) is 54.9 Å². The maximum absolute atomic E-state index is 12.8. The second-order valence-electron chi connectivity index (χ2n) is 7.97. The highest BCUT2D eigenvalue weighted by atomic mass is 16.1. The molecule has 0 aliphatic carbocycles. The van der Waals surface area contributed by atoms with Crippen molar-refractivity contribution >= 4 is 17.7 Å². The number of amides is 1. The van der Waals surface area contributed by atoms with Crippen molar-refractivity contribution in [3.05, 3.63) is 87.2 Å². The van der Waals surface area contributed by atoms with Gasteiger partial charge in [-0.25, -0.2) is 0 Å². The van der Waals surface area contributed by atoms with Crippen LogP contribution in [-0.4, -0.2) is 10.5 Å². The highest BCUT2D eigenvalue weighted by Crippen LogP contribution is 2.28. The molecule has 3 rings (SSSR count). The zero-order chi connectivity index (χ0) is 22.7. The largest absolute Gasteiger partial charge is 0.321 e. The number of aryl methyl sites for hydroxylation is 4. The smallest absolute Gasteiger partial charge is 0.266 e. The molecular formula is C27H29N3O. The number of benzene rings is 2. The van der Waals surface area contributed by atoms with Crippen molar-refractivity contribution in [3.8, 4) is 11.8 Å². The van der Waals surface area contributed by atoms with Gasteiger partial charge in [-0.1, -0.05) is 37.3 Å². The van der Waals surface area contributed by atoms with Crippen LogP contribution >= 0.6 is 0 Å². The van der Waals surface area contributed by atoms with Crippen LogP contribution in [0.1, 0.15) is 46.1 Å². The molecule has 158 valence electrons. The van der Waals surface area contributed by atoms with Crippen molar-refractivity contribution in [1.29, 1.82) is 5.26 Å². The predicted molar refractivity (Wildman–Crippen MR) is 127 cm³/mol. The van der Waals surface area contributed by atoms with Crippen molar-refractivity contribution in [2.45, 2.75) is 48.0 Å². The molecule has 0 fully saturated rings. The number of hydrogen-bond acceptors (Lipinski definition) is 2. The van der Waals surface area contributed by atoms with Crippen LogP contribution in [0.4, 0.5) is 5.69 Å². The average molecular weight is 412 g/mol. The number of carbonyl (C=O) groups is 1. The first-order valence-electron chi connectivity index (χ1n) is 10.6. The van der Waals surface area contributed by atoms with Gasteiger partial charge in [0.2, 0.25) is 0 Å². The van der Waals surface area contributed by atoms with Crippen LogP contribution in [-0.2, 0) is 11.2 Å². The number of nitriles is 1. The number of aromatic nitrogens is 1. The molecule has 4 heteroatoms. The second-order valence-corrected chi connectivity index (χ2v) is 7.97. The summed E-state index contributed by atoms with van der Waals surface area (Å²) >= 11 is 0. The van der Waals surface area contributed by atoms with Crippen LogP contribution in [0.2, 0.25) is 0 Å². The van der Waals surface area contributed by atoms with Gasteiger partial charge in [0.15, 0.2) is 0 Å². The predicted octanol–water partition coefficient (Wildman–Crippen LogP) is 6.13. The Morgan fingerprint density at radius 1 is 1.06 bits per heavy atom. The topological polar surface area (TPSA) is 57.8 Å². The van der Waals surface area contributed by atoms with Crippen molar-refractivity contribution in [2.75, 3.05) is 5.32 Å². The first-order valence-corrected chi connectivity index (χ1v) is 10.6. The number of hydrogen-bond donors (Lipinski definition) is 1. The SMILES string of the molecule is CCc1cccc(C)c1-n1c(C)cc(/C=C(/C#N)C(=O)Nc2cccc(C)c2C)c1C. The summed E-state index contributed by atoms with van der Waals surface area (Å²) in [5.74, 6) is -0.397. The van der Waals surface area contributed by atoms with Crippen LogP contribution in [0.15, 0.2) is 48.0 Å². The van der Waals surface area contributed by atoms with Gasteiger partial charge in [-0.2, -0.15) is 5.26 Å². The third-order valence-electron chi connectivity index (χ3n) is 5.91. The first kappa shape index (κ1) is 22.1. The van der Waals surface area contributed by atoms with Gasteiger partial charge in [-0.15, -0.1) is 0 Å². The van der Waals surface area contributed by atoms with Gasteiger partial charge >= 0.3 is 0 Å². The van der Waals surface area contributed by atoms with Gasteiger partial charge in [0.25, 0.3) is 5.91 Å². The number of carbonyl (C=O) groups excluding carboxylic acids is 1. The third-order valence-corrected chi connectivity index (χ3v) is 5.91. The van der Waals surface area contributed by atoms with Crippen LogP contribution in [0.3, 0.4) is 0 Å². The Hall–Kier alpha value is -3.58. The fourth-order valence-electron chi connectivity index (χ4n) is 3.98. The lowest BCUT2D eigenvalue weighted by Gasteiger charge is -2.17. The van der Waals surface area contributed by atoms with Crippen LogP contribution in [0, 0.1) is 45.9 Å². The zero-order valence-corrected chi connectivity index (χ0v) is 19.1. The quantitative estimate of drug-likeness (QED) is 0.406. The van der Waals surface area contributed by atoms with Gasteiger partial charge in [-0.3, -0.25) is 4.79 Å². The molecule has 1 heterocycles. The summed E-state index contributed by atoms with van der Waals surface area (Å²) in [5, 5.41) is 12.6. The van der Waals surface area contributed by atoms with Gasteiger partial charge in [0.1, 0.15) is 11.6 Å². The molecule has 0 unspecified atom stereocenters. The Bertz CT molecular complexity index is 1220. The van der Waals surface area contributed by atoms with Crippen molar-refractivity contribution in [2.24, 2.45) is 0 Å². The molecule has 0 aliphatic rings. The van der Waals surface area contributed by atoms with Crippen LogP contribution in [0.25, 0.3) is 11.8 Å². The molecule has 0 aliphatic heterocycles. The molecule has 31 heavy (non-hydrogen) atoms. The Morgan fingerprint density at radius 2 is 1.74 bits per heavy atom. The summed E-state index contributed by atoms with van der Waals surface area (Å²) in [5.41, 5.74) is 9.50. The van der Waals surface area contributed by atoms with Crippen molar-refractivity contribution < 1.29 is 4.79 Å². The van der Waals surface area contributed by atoms with E-state index in [4.69, 9.17) is 0 Å². The van der Waals surface area contributed by atoms with E-state index in [0.29, 0.717) is 0 Å². The molecule has 0 bridgehead atoms. The molecule has 0 saturated carbocycles. The Kier molecular flexibility index (Phi) is 6.46. The third kappa shape index (κ3) is 4.32. The summed E-state index contributed by atoms with van der Waals surface area (Å²) in [6, 6.07) is 16.2. The molecule has 1 amide bonds. The molecular weight excluding hydrogens is 382 g/mol. The van der Waals surface area contributed by atoms with Crippen LogP contribution < -0.4 is 5.32 Å². The lowest BCUT2D eigenvalue weighted by Crippen LogP contribution is -2.14. The highest BCUT2D eigenvalue weighted by Gasteiger charge is 2.17. The van der Waals surface area contributed by atoms with Gasteiger partial charge in [0.05, 0.1) is 5.69 Å². The fourth-order valence-corrected chi connectivity index (χ4v) is 3.98. The minimum atomic E-state index is -0.397. The minimum Gasteiger partial charge on any atom is -0.321 e. The van der Waals surface area contributed by atoms with Crippen LogP contribution in [0.5, 0.6) is 0 Å². The van der Waals surface area contributed by atoms with E-state index in [1.54, 1.807) is 6.08 Å². The molecule has 3 aromatic rings. The maximum atomic E-state index is 12.8. The van der Waals surface area contributed by atoms with E-state index in [0.717, 1.165) is 40.2 Å². The Morgan fingerprint density at radius 3 is 2.42 bits per heavy atom. The molecule has 2 aromatic carbocycles. The molecule has 4 nitrogen and oxygen atoms in total. The normalized spacial score (nSPS) is 11.3. The minimum absolute atomic E-state index is 0.0849. The monoisotopic (exact) mass is 411 g/mol. The van der Waals surface area contributed by atoms with E-state index in [1.165, 1.54) is 16.8 Å². The zero-order valence-electron chi connectivity index (χ0n) is 19.1. The standard InChI is InChI=1S/C27H29N3O/c1-7-22-12-8-11-18(3)26(22)30-19(4)14-23(21(30)6)15-24(16-28)27(31)29-25-13-9-10-17(2)20(25)5/h8-15H,7H2,1-6H3,(H,29,31)/b24-15-. The molecule has 0 radical (unpaired) electrons. The molecule has 1 aromatic heterocycles. The van der Waals surface area contributed by atoms with E-state index in [-0.39, 0.29) is 5.57 Å². The maximum Gasteiger partial charge on any atom is 0.266 e. The molecule has 1 N–H and O–H groups in total. The summed E-state index contributed by atoms with van der Waals surface area (Å²) in [7, 11) is 0. The van der Waals surface area contributed by atoms with E-state index < -0.39 is 5.91 Å². The lowest BCUT2D eigenvalue weighted by atomic mass is 10.1. The number of anilines is 1.